The van der Waals surface area contributed by atoms with E-state index in [1.807, 2.05) is 6.92 Å². The average molecular weight is 396 g/mol. The summed E-state index contributed by atoms with van der Waals surface area (Å²) in [6.07, 6.45) is 2.73. The summed E-state index contributed by atoms with van der Waals surface area (Å²) in [4.78, 5) is 16.5. The van der Waals surface area contributed by atoms with Gasteiger partial charge in [-0.25, -0.2) is 13.4 Å². The van der Waals surface area contributed by atoms with Gasteiger partial charge >= 0.3 is 0 Å². The van der Waals surface area contributed by atoms with Crippen molar-refractivity contribution < 1.29 is 17.9 Å². The molecule has 3 rings (SSSR count). The third-order valence-electron chi connectivity index (χ3n) is 4.21. The molecular formula is C17H21N3O4S2. The van der Waals surface area contributed by atoms with Crippen LogP contribution in [-0.4, -0.2) is 43.8 Å². The van der Waals surface area contributed by atoms with Gasteiger partial charge in [-0.2, -0.15) is 4.31 Å². The average Bonchev–Trinajstić information content (AvgIpc) is 3.09. The second-order valence-corrected chi connectivity index (χ2v) is 9.00. The van der Waals surface area contributed by atoms with Crippen molar-refractivity contribution in [3.05, 3.63) is 34.3 Å². The molecule has 0 unspecified atom stereocenters. The van der Waals surface area contributed by atoms with Crippen LogP contribution in [0.15, 0.2) is 28.5 Å². The number of anilines is 1. The number of benzene rings is 1. The lowest BCUT2D eigenvalue weighted by Gasteiger charge is -2.26. The zero-order valence-electron chi connectivity index (χ0n) is 14.7. The summed E-state index contributed by atoms with van der Waals surface area (Å²) in [5.74, 6) is -0.112. The third-order valence-corrected chi connectivity index (χ3v) is 6.90. The molecule has 1 aromatic heterocycles. The van der Waals surface area contributed by atoms with Gasteiger partial charge in [0.15, 0.2) is 0 Å². The largest absolute Gasteiger partial charge is 0.495 e. The molecule has 2 aromatic rings. The van der Waals surface area contributed by atoms with E-state index in [0.717, 1.165) is 24.3 Å². The minimum atomic E-state index is -3.68. The van der Waals surface area contributed by atoms with Crippen molar-refractivity contribution in [2.75, 3.05) is 25.5 Å². The molecule has 0 atom stereocenters. The van der Waals surface area contributed by atoms with E-state index in [1.54, 1.807) is 17.5 Å². The van der Waals surface area contributed by atoms with Crippen LogP contribution < -0.4 is 10.1 Å². The summed E-state index contributed by atoms with van der Waals surface area (Å²) in [7, 11) is -2.25. The van der Waals surface area contributed by atoms with Gasteiger partial charge in [0.1, 0.15) is 16.3 Å². The molecule has 1 N–H and O–H groups in total. The first-order valence-corrected chi connectivity index (χ1v) is 10.7. The topological polar surface area (TPSA) is 88.6 Å². The van der Waals surface area contributed by atoms with Gasteiger partial charge in [-0.15, -0.1) is 11.3 Å². The van der Waals surface area contributed by atoms with Crippen LogP contribution in [0.1, 0.15) is 34.8 Å². The van der Waals surface area contributed by atoms with Gasteiger partial charge in [0, 0.05) is 24.2 Å². The van der Waals surface area contributed by atoms with Crippen LogP contribution in [0.5, 0.6) is 5.75 Å². The standard InChI is InChI=1S/C17H21N3O4S2/c1-12-18-14(11-25-12)17(21)19-13-6-7-15(24-2)16(10-13)26(22,23)20-8-4-3-5-9-20/h6-7,10-11H,3-5,8-9H2,1-2H3,(H,19,21). The van der Waals surface area contributed by atoms with E-state index < -0.39 is 10.0 Å². The molecule has 0 radical (unpaired) electrons. The van der Waals surface area contributed by atoms with Crippen LogP contribution in [0.2, 0.25) is 0 Å². The van der Waals surface area contributed by atoms with Gasteiger partial charge in [0.2, 0.25) is 10.0 Å². The lowest BCUT2D eigenvalue weighted by molar-refractivity contribution is 0.102. The van der Waals surface area contributed by atoms with E-state index in [-0.39, 0.29) is 16.6 Å². The van der Waals surface area contributed by atoms with E-state index in [0.29, 0.717) is 24.5 Å². The zero-order chi connectivity index (χ0) is 18.7. The zero-order valence-corrected chi connectivity index (χ0v) is 16.3. The Bertz CT molecular complexity index is 902. The van der Waals surface area contributed by atoms with Crippen LogP contribution in [0, 0.1) is 6.92 Å². The quantitative estimate of drug-likeness (QED) is 0.841. The molecule has 0 spiro atoms. The second kappa shape index (κ2) is 7.73. The van der Waals surface area contributed by atoms with Crippen LogP contribution in [0.3, 0.4) is 0 Å². The first-order valence-electron chi connectivity index (χ1n) is 8.33. The Kier molecular flexibility index (Phi) is 5.59. The smallest absolute Gasteiger partial charge is 0.275 e. The van der Waals surface area contributed by atoms with Gasteiger partial charge < -0.3 is 10.1 Å². The van der Waals surface area contributed by atoms with Crippen molar-refractivity contribution in [1.82, 2.24) is 9.29 Å². The number of hydrogen-bond donors (Lipinski definition) is 1. The summed E-state index contributed by atoms with van der Waals surface area (Å²) in [5.41, 5.74) is 0.695. The van der Waals surface area contributed by atoms with Gasteiger partial charge in [0.05, 0.1) is 12.1 Å². The highest BCUT2D eigenvalue weighted by Crippen LogP contribution is 2.31. The molecule has 1 fully saturated rings. The van der Waals surface area contributed by atoms with Crippen LogP contribution in [0.4, 0.5) is 5.69 Å². The number of carbonyl (C=O) groups is 1. The fourth-order valence-electron chi connectivity index (χ4n) is 2.86. The minimum Gasteiger partial charge on any atom is -0.495 e. The molecule has 1 amide bonds. The number of sulfonamides is 1. The van der Waals surface area contributed by atoms with E-state index in [1.165, 1.54) is 28.8 Å². The Morgan fingerprint density at radius 1 is 1.27 bits per heavy atom. The highest BCUT2D eigenvalue weighted by Gasteiger charge is 2.29. The molecule has 1 aliphatic rings. The number of nitrogens with zero attached hydrogens (tertiary/aromatic N) is 2. The number of methoxy groups -OCH3 is 1. The van der Waals surface area contributed by atoms with E-state index >= 15 is 0 Å². The number of rotatable bonds is 5. The van der Waals surface area contributed by atoms with Crippen LogP contribution >= 0.6 is 11.3 Å². The minimum absolute atomic E-state index is 0.0640. The van der Waals surface area contributed by atoms with Crippen LogP contribution in [-0.2, 0) is 10.0 Å². The second-order valence-electron chi connectivity index (χ2n) is 6.04. The van der Waals surface area contributed by atoms with Crippen molar-refractivity contribution in [3.63, 3.8) is 0 Å². The maximum Gasteiger partial charge on any atom is 0.275 e. The molecule has 7 nitrogen and oxygen atoms in total. The summed E-state index contributed by atoms with van der Waals surface area (Å²) in [6, 6.07) is 4.61. The maximum absolute atomic E-state index is 13.0. The fraction of sp³-hybridized carbons (Fsp3) is 0.412. The number of aromatic nitrogens is 1. The molecule has 9 heteroatoms. The maximum atomic E-state index is 13.0. The molecule has 1 saturated heterocycles. The Hall–Kier alpha value is -1.97. The highest BCUT2D eigenvalue weighted by atomic mass is 32.2. The van der Waals surface area contributed by atoms with Gasteiger partial charge in [-0.05, 0) is 38.0 Å². The number of ether oxygens (including phenoxy) is 1. The molecule has 2 heterocycles. The van der Waals surface area contributed by atoms with Gasteiger partial charge in [-0.1, -0.05) is 6.42 Å². The van der Waals surface area contributed by atoms with E-state index in [4.69, 9.17) is 4.74 Å². The predicted molar refractivity (Wildman–Crippen MR) is 100 cm³/mol. The van der Waals surface area contributed by atoms with E-state index in [9.17, 15) is 13.2 Å². The first-order chi connectivity index (χ1) is 12.4. The Balaban J connectivity index is 1.90. The van der Waals surface area contributed by atoms with Crippen molar-refractivity contribution in [2.45, 2.75) is 31.1 Å². The highest BCUT2D eigenvalue weighted by molar-refractivity contribution is 7.89. The number of amides is 1. The predicted octanol–water partition coefficient (Wildman–Crippen LogP) is 2.89. The number of nitrogens with one attached hydrogen (secondary N) is 1. The lowest BCUT2D eigenvalue weighted by Crippen LogP contribution is -2.35. The number of carbonyl (C=O) groups excluding carboxylic acids is 1. The molecule has 0 aliphatic carbocycles. The molecule has 1 aromatic carbocycles. The molecule has 140 valence electrons. The normalized spacial score (nSPS) is 15.6. The summed E-state index contributed by atoms with van der Waals surface area (Å²) >= 11 is 1.38. The molecule has 0 saturated carbocycles. The Labute approximate surface area is 157 Å². The van der Waals surface area contributed by atoms with Crippen molar-refractivity contribution in [2.24, 2.45) is 0 Å². The summed E-state index contributed by atoms with van der Waals surface area (Å²) in [5, 5.41) is 5.16. The van der Waals surface area contributed by atoms with Crippen LogP contribution in [0.25, 0.3) is 0 Å². The SMILES string of the molecule is COc1ccc(NC(=O)c2csc(C)n2)cc1S(=O)(=O)N1CCCCC1. The third kappa shape index (κ3) is 3.89. The molecule has 0 bridgehead atoms. The Morgan fingerprint density at radius 3 is 2.62 bits per heavy atom. The van der Waals surface area contributed by atoms with Crippen molar-refractivity contribution in [1.29, 1.82) is 0 Å². The first kappa shape index (κ1) is 18.8. The number of aryl methyl sites for hydroxylation is 1. The number of hydrogen-bond acceptors (Lipinski definition) is 6. The molecular weight excluding hydrogens is 374 g/mol. The summed E-state index contributed by atoms with van der Waals surface area (Å²) in [6.45, 7) is 2.82. The fourth-order valence-corrected chi connectivity index (χ4v) is 5.15. The van der Waals surface area contributed by atoms with Crippen molar-refractivity contribution >= 4 is 33.0 Å². The van der Waals surface area contributed by atoms with E-state index in [2.05, 4.69) is 10.3 Å². The summed E-state index contributed by atoms with van der Waals surface area (Å²) < 4.78 is 32.7. The lowest BCUT2D eigenvalue weighted by atomic mass is 10.2. The Morgan fingerprint density at radius 2 is 2.00 bits per heavy atom. The monoisotopic (exact) mass is 395 g/mol. The van der Waals surface area contributed by atoms with Gasteiger partial charge in [0.25, 0.3) is 5.91 Å². The molecule has 26 heavy (non-hydrogen) atoms. The van der Waals surface area contributed by atoms with Crippen molar-refractivity contribution in [3.8, 4) is 5.75 Å². The number of piperidine rings is 1. The van der Waals surface area contributed by atoms with Gasteiger partial charge in [-0.3, -0.25) is 4.79 Å². The number of thiazole rings is 1. The molecule has 1 aliphatic heterocycles.